The highest BCUT2D eigenvalue weighted by molar-refractivity contribution is 5.21. The molecule has 0 aliphatic carbocycles. The van der Waals surface area contributed by atoms with Crippen molar-refractivity contribution in [3.05, 3.63) is 21.9 Å². The van der Waals surface area contributed by atoms with Crippen molar-refractivity contribution in [2.24, 2.45) is 0 Å². The van der Waals surface area contributed by atoms with E-state index in [-0.39, 0.29) is 11.5 Å². The standard InChI is InChI=1S/C7H11N3O4/c1-2-7(12)9-5(4-11)3-6(8-9)10(13)14/h3,7,11-12H,2,4H2,1H3. The summed E-state index contributed by atoms with van der Waals surface area (Å²) in [4.78, 5) is 9.69. The van der Waals surface area contributed by atoms with E-state index in [1.54, 1.807) is 6.92 Å². The molecule has 14 heavy (non-hydrogen) atoms. The summed E-state index contributed by atoms with van der Waals surface area (Å²) in [5.41, 5.74) is 0.228. The van der Waals surface area contributed by atoms with Crippen LogP contribution in [0.3, 0.4) is 0 Å². The summed E-state index contributed by atoms with van der Waals surface area (Å²) in [5.74, 6) is -0.374. The van der Waals surface area contributed by atoms with Crippen LogP contribution in [0.5, 0.6) is 0 Å². The average Bonchev–Trinajstić information content (AvgIpc) is 2.60. The number of nitrogens with zero attached hydrogens (tertiary/aromatic N) is 3. The van der Waals surface area contributed by atoms with Crippen molar-refractivity contribution in [3.63, 3.8) is 0 Å². The van der Waals surface area contributed by atoms with E-state index in [1.807, 2.05) is 0 Å². The topological polar surface area (TPSA) is 101 Å². The average molecular weight is 201 g/mol. The number of aromatic nitrogens is 2. The van der Waals surface area contributed by atoms with Gasteiger partial charge in [0.1, 0.15) is 0 Å². The lowest BCUT2D eigenvalue weighted by Crippen LogP contribution is -2.12. The molecule has 0 aromatic carbocycles. The summed E-state index contributed by atoms with van der Waals surface area (Å²) in [5, 5.41) is 32.2. The van der Waals surface area contributed by atoms with Crippen LogP contribution in [-0.4, -0.2) is 24.9 Å². The molecule has 1 unspecified atom stereocenters. The predicted molar refractivity (Wildman–Crippen MR) is 46.4 cm³/mol. The van der Waals surface area contributed by atoms with E-state index < -0.39 is 17.8 Å². The second-order valence-corrected chi connectivity index (χ2v) is 2.74. The Bertz CT molecular complexity index is 336. The molecule has 1 aromatic rings. The Labute approximate surface area is 79.7 Å². The van der Waals surface area contributed by atoms with Gasteiger partial charge in [-0.2, -0.15) is 0 Å². The highest BCUT2D eigenvalue weighted by Crippen LogP contribution is 2.17. The van der Waals surface area contributed by atoms with Crippen molar-refractivity contribution in [3.8, 4) is 0 Å². The first-order valence-corrected chi connectivity index (χ1v) is 4.11. The molecule has 0 radical (unpaired) electrons. The van der Waals surface area contributed by atoms with Crippen molar-refractivity contribution in [1.82, 2.24) is 9.78 Å². The molecule has 0 aliphatic rings. The van der Waals surface area contributed by atoms with Crippen molar-refractivity contribution >= 4 is 5.82 Å². The molecule has 1 heterocycles. The molecule has 0 saturated heterocycles. The van der Waals surface area contributed by atoms with Gasteiger partial charge in [0.15, 0.2) is 6.23 Å². The molecule has 7 nitrogen and oxygen atoms in total. The zero-order chi connectivity index (χ0) is 10.7. The minimum absolute atomic E-state index is 0.228. The van der Waals surface area contributed by atoms with Gasteiger partial charge in [0.25, 0.3) is 0 Å². The largest absolute Gasteiger partial charge is 0.390 e. The van der Waals surface area contributed by atoms with E-state index in [2.05, 4.69) is 5.10 Å². The quantitative estimate of drug-likeness (QED) is 0.534. The lowest BCUT2D eigenvalue weighted by atomic mass is 10.4. The fourth-order valence-corrected chi connectivity index (χ4v) is 1.06. The van der Waals surface area contributed by atoms with Gasteiger partial charge in [-0.1, -0.05) is 6.92 Å². The van der Waals surface area contributed by atoms with E-state index in [1.165, 1.54) is 0 Å². The van der Waals surface area contributed by atoms with Crippen molar-refractivity contribution in [2.75, 3.05) is 0 Å². The zero-order valence-corrected chi connectivity index (χ0v) is 7.62. The molecule has 1 atom stereocenters. The van der Waals surface area contributed by atoms with Gasteiger partial charge in [-0.3, -0.25) is 0 Å². The second-order valence-electron chi connectivity index (χ2n) is 2.74. The first-order chi connectivity index (χ1) is 6.60. The SMILES string of the molecule is CCC(O)n1nc([N+](=O)[O-])cc1CO. The summed E-state index contributed by atoms with van der Waals surface area (Å²) < 4.78 is 1.05. The van der Waals surface area contributed by atoms with Crippen LogP contribution < -0.4 is 0 Å². The summed E-state index contributed by atoms with van der Waals surface area (Å²) in [6.07, 6.45) is -0.572. The Kier molecular flexibility index (Phi) is 3.15. The molecule has 0 spiro atoms. The fourth-order valence-electron chi connectivity index (χ4n) is 1.06. The first kappa shape index (κ1) is 10.6. The fraction of sp³-hybridized carbons (Fsp3) is 0.571. The zero-order valence-electron chi connectivity index (χ0n) is 7.62. The van der Waals surface area contributed by atoms with E-state index in [0.717, 1.165) is 10.7 Å². The number of aliphatic hydroxyl groups excluding tert-OH is 2. The maximum absolute atomic E-state index is 10.4. The minimum Gasteiger partial charge on any atom is -0.390 e. The molecule has 1 aromatic heterocycles. The smallest absolute Gasteiger partial charge is 0.390 e. The van der Waals surface area contributed by atoms with Crippen LogP contribution in [0.1, 0.15) is 25.3 Å². The molecule has 78 valence electrons. The maximum atomic E-state index is 10.4. The van der Waals surface area contributed by atoms with Crippen LogP contribution in [0.2, 0.25) is 0 Å². The molecule has 0 amide bonds. The van der Waals surface area contributed by atoms with E-state index >= 15 is 0 Å². The number of nitro groups is 1. The van der Waals surface area contributed by atoms with Crippen LogP contribution in [-0.2, 0) is 6.61 Å². The van der Waals surface area contributed by atoms with Crippen LogP contribution in [0.4, 0.5) is 5.82 Å². The molecule has 7 heteroatoms. The van der Waals surface area contributed by atoms with Crippen molar-refractivity contribution in [1.29, 1.82) is 0 Å². The Morgan fingerprint density at radius 3 is 2.86 bits per heavy atom. The highest BCUT2D eigenvalue weighted by atomic mass is 16.6. The Morgan fingerprint density at radius 1 is 1.79 bits per heavy atom. The van der Waals surface area contributed by atoms with Crippen LogP contribution in [0.15, 0.2) is 6.07 Å². The Hall–Kier alpha value is -1.47. The Morgan fingerprint density at radius 2 is 2.43 bits per heavy atom. The lowest BCUT2D eigenvalue weighted by Gasteiger charge is -2.05. The molecule has 0 fully saturated rings. The van der Waals surface area contributed by atoms with Gasteiger partial charge in [0.05, 0.1) is 23.5 Å². The third-order valence-corrected chi connectivity index (χ3v) is 1.80. The van der Waals surface area contributed by atoms with E-state index in [0.29, 0.717) is 6.42 Å². The maximum Gasteiger partial charge on any atom is 0.390 e. The van der Waals surface area contributed by atoms with E-state index in [9.17, 15) is 15.2 Å². The summed E-state index contributed by atoms with van der Waals surface area (Å²) in [6.45, 7) is 1.32. The summed E-state index contributed by atoms with van der Waals surface area (Å²) in [6, 6.07) is 1.14. The monoisotopic (exact) mass is 201 g/mol. The van der Waals surface area contributed by atoms with Gasteiger partial charge in [0, 0.05) is 0 Å². The minimum atomic E-state index is -0.939. The van der Waals surface area contributed by atoms with Gasteiger partial charge in [-0.25, -0.2) is 0 Å². The van der Waals surface area contributed by atoms with Gasteiger partial charge in [-0.15, -0.1) is 4.68 Å². The molecule has 0 aliphatic heterocycles. The molecule has 0 saturated carbocycles. The number of hydrogen-bond donors (Lipinski definition) is 2. The number of aliphatic hydroxyl groups is 2. The molecule has 1 rings (SSSR count). The molecule has 2 N–H and O–H groups in total. The molecule has 0 bridgehead atoms. The first-order valence-electron chi connectivity index (χ1n) is 4.11. The van der Waals surface area contributed by atoms with Gasteiger partial charge in [-0.05, 0) is 11.3 Å². The molecular formula is C7H11N3O4. The lowest BCUT2D eigenvalue weighted by molar-refractivity contribution is -0.390. The van der Waals surface area contributed by atoms with Gasteiger partial charge in [0.2, 0.25) is 0 Å². The van der Waals surface area contributed by atoms with Gasteiger partial charge < -0.3 is 20.3 Å². The van der Waals surface area contributed by atoms with Crippen LogP contribution in [0.25, 0.3) is 0 Å². The molecular weight excluding hydrogens is 190 g/mol. The highest BCUT2D eigenvalue weighted by Gasteiger charge is 2.21. The summed E-state index contributed by atoms with van der Waals surface area (Å²) in [7, 11) is 0. The Balaban J connectivity index is 3.08. The second kappa shape index (κ2) is 4.16. The number of hydrogen-bond acceptors (Lipinski definition) is 5. The van der Waals surface area contributed by atoms with Gasteiger partial charge >= 0.3 is 5.82 Å². The van der Waals surface area contributed by atoms with Crippen molar-refractivity contribution in [2.45, 2.75) is 26.2 Å². The third-order valence-electron chi connectivity index (χ3n) is 1.80. The van der Waals surface area contributed by atoms with Crippen LogP contribution >= 0.6 is 0 Å². The van der Waals surface area contributed by atoms with E-state index in [4.69, 9.17) is 5.11 Å². The van der Waals surface area contributed by atoms with Crippen molar-refractivity contribution < 1.29 is 15.1 Å². The summed E-state index contributed by atoms with van der Waals surface area (Å²) >= 11 is 0. The number of rotatable bonds is 4. The van der Waals surface area contributed by atoms with Crippen LogP contribution in [0, 0.1) is 10.1 Å². The third kappa shape index (κ3) is 1.88. The predicted octanol–water partition coefficient (Wildman–Crippen LogP) is 0.184. The normalized spacial score (nSPS) is 12.8.